The number of carboxylic acids is 1. The molecule has 4 rings (SSSR count). The number of carbonyl (C=O) groups excluding carboxylic acids is 1. The summed E-state index contributed by atoms with van der Waals surface area (Å²) in [4.78, 5) is 25.5. The van der Waals surface area contributed by atoms with Gasteiger partial charge in [0.15, 0.2) is 0 Å². The van der Waals surface area contributed by atoms with Crippen molar-refractivity contribution in [1.82, 2.24) is 4.90 Å². The van der Waals surface area contributed by atoms with E-state index < -0.39 is 17.2 Å². The Morgan fingerprint density at radius 1 is 1.26 bits per heavy atom. The van der Waals surface area contributed by atoms with Crippen LogP contribution in [0.3, 0.4) is 0 Å². The van der Waals surface area contributed by atoms with Gasteiger partial charge in [-0.3, -0.25) is 4.79 Å². The standard InChI is InChI=1S/C31H45NO7/c1-20(2)9-7-14-31(6)24-17-21-19-32(29(35)39-30(3,4)5)15-13-25(21)37-28(24)23-12-11-22(18-26(23)38-31)36-16-8-10-27(33)34/h9,11-12,18,21,24-25,28H,7-8,10,13-17,19H2,1-6H3,(H,33,34)/t21-,24-,25-,28+,31-/m0/s1. The molecule has 0 unspecified atom stereocenters. The molecule has 3 aliphatic rings. The Morgan fingerprint density at radius 3 is 2.72 bits per heavy atom. The fraction of sp³-hybridized carbons (Fsp3) is 0.677. The molecule has 216 valence electrons. The minimum Gasteiger partial charge on any atom is -0.493 e. The van der Waals surface area contributed by atoms with Crippen LogP contribution in [0.1, 0.15) is 91.7 Å². The van der Waals surface area contributed by atoms with Gasteiger partial charge in [0.25, 0.3) is 0 Å². The highest BCUT2D eigenvalue weighted by Gasteiger charge is 2.53. The van der Waals surface area contributed by atoms with Crippen LogP contribution in [0.25, 0.3) is 0 Å². The molecule has 0 aliphatic carbocycles. The van der Waals surface area contributed by atoms with Gasteiger partial charge in [0.05, 0.1) is 18.8 Å². The van der Waals surface area contributed by atoms with E-state index in [0.717, 1.165) is 37.0 Å². The normalized spacial score (nSPS) is 27.8. The number of benzene rings is 1. The number of hydrogen-bond donors (Lipinski definition) is 1. The van der Waals surface area contributed by atoms with Gasteiger partial charge in [0.2, 0.25) is 0 Å². The molecule has 1 aromatic carbocycles. The van der Waals surface area contributed by atoms with E-state index in [1.54, 1.807) is 0 Å². The average Bonchev–Trinajstić information content (AvgIpc) is 2.84. The molecule has 8 nitrogen and oxygen atoms in total. The Morgan fingerprint density at radius 2 is 2.03 bits per heavy atom. The number of fused-ring (bicyclic) bond motifs is 4. The predicted octanol–water partition coefficient (Wildman–Crippen LogP) is 6.53. The van der Waals surface area contributed by atoms with Gasteiger partial charge in [0.1, 0.15) is 22.7 Å². The van der Waals surface area contributed by atoms with Crippen molar-refractivity contribution in [3.63, 3.8) is 0 Å². The van der Waals surface area contributed by atoms with Crippen LogP contribution in [0, 0.1) is 11.8 Å². The van der Waals surface area contributed by atoms with Gasteiger partial charge in [-0.2, -0.15) is 0 Å². The van der Waals surface area contributed by atoms with Crippen LogP contribution in [0.5, 0.6) is 11.5 Å². The molecule has 8 heteroatoms. The summed E-state index contributed by atoms with van der Waals surface area (Å²) in [5.74, 6) is 0.977. The number of carboxylic acid groups (broad SMARTS) is 1. The largest absolute Gasteiger partial charge is 0.493 e. The van der Waals surface area contributed by atoms with Crippen molar-refractivity contribution < 1.29 is 33.6 Å². The molecular weight excluding hydrogens is 498 g/mol. The quantitative estimate of drug-likeness (QED) is 0.294. The molecule has 5 atom stereocenters. The number of amides is 1. The fourth-order valence-corrected chi connectivity index (χ4v) is 6.05. The first-order chi connectivity index (χ1) is 18.3. The van der Waals surface area contributed by atoms with Crippen molar-refractivity contribution in [3.05, 3.63) is 35.4 Å². The number of carbonyl (C=O) groups is 2. The number of rotatable bonds is 8. The van der Waals surface area contributed by atoms with Gasteiger partial charge < -0.3 is 29.0 Å². The highest BCUT2D eigenvalue weighted by atomic mass is 16.6. The summed E-state index contributed by atoms with van der Waals surface area (Å²) in [7, 11) is 0. The molecule has 2 saturated heterocycles. The molecule has 3 heterocycles. The first-order valence-corrected chi connectivity index (χ1v) is 14.3. The molecule has 3 aliphatic heterocycles. The third-order valence-electron chi connectivity index (χ3n) is 7.98. The van der Waals surface area contributed by atoms with Crippen LogP contribution in [0.4, 0.5) is 4.79 Å². The molecule has 0 radical (unpaired) electrons. The Hall–Kier alpha value is -2.74. The maximum atomic E-state index is 12.8. The van der Waals surface area contributed by atoms with Crippen LogP contribution < -0.4 is 9.47 Å². The molecule has 0 aromatic heterocycles. The van der Waals surface area contributed by atoms with Crippen LogP contribution >= 0.6 is 0 Å². The van der Waals surface area contributed by atoms with Gasteiger partial charge in [-0.05, 0) is 85.8 Å². The number of ether oxygens (including phenoxy) is 4. The molecule has 2 fully saturated rings. The van der Waals surface area contributed by atoms with Crippen LogP contribution in [0.15, 0.2) is 29.8 Å². The Bertz CT molecular complexity index is 1070. The van der Waals surface area contributed by atoms with Gasteiger partial charge in [0, 0.05) is 43.0 Å². The smallest absolute Gasteiger partial charge is 0.410 e. The number of allylic oxidation sites excluding steroid dienone is 2. The van der Waals surface area contributed by atoms with Crippen molar-refractivity contribution >= 4 is 12.1 Å². The van der Waals surface area contributed by atoms with E-state index in [2.05, 4.69) is 26.8 Å². The van der Waals surface area contributed by atoms with Crippen molar-refractivity contribution in [3.8, 4) is 11.5 Å². The summed E-state index contributed by atoms with van der Waals surface area (Å²) < 4.78 is 25.2. The second kappa shape index (κ2) is 11.8. The first-order valence-electron chi connectivity index (χ1n) is 14.3. The monoisotopic (exact) mass is 543 g/mol. The summed E-state index contributed by atoms with van der Waals surface area (Å²) in [6, 6.07) is 5.88. The molecule has 1 N–H and O–H groups in total. The average molecular weight is 544 g/mol. The molecule has 0 saturated carbocycles. The van der Waals surface area contributed by atoms with Gasteiger partial charge in [-0.15, -0.1) is 0 Å². The lowest BCUT2D eigenvalue weighted by Gasteiger charge is -2.54. The van der Waals surface area contributed by atoms with Crippen molar-refractivity contribution in [2.24, 2.45) is 11.8 Å². The van der Waals surface area contributed by atoms with E-state index in [9.17, 15) is 9.59 Å². The van der Waals surface area contributed by atoms with Gasteiger partial charge in [-0.25, -0.2) is 4.79 Å². The highest BCUT2D eigenvalue weighted by Crippen LogP contribution is 2.55. The van der Waals surface area contributed by atoms with Crippen LogP contribution in [0.2, 0.25) is 0 Å². The summed E-state index contributed by atoms with van der Waals surface area (Å²) in [6.45, 7) is 13.7. The molecule has 0 spiro atoms. The zero-order chi connectivity index (χ0) is 28.4. The third kappa shape index (κ3) is 7.27. The lowest BCUT2D eigenvalue weighted by molar-refractivity contribution is -0.191. The molecular formula is C31H45NO7. The van der Waals surface area contributed by atoms with Crippen molar-refractivity contribution in [2.75, 3.05) is 19.7 Å². The Balaban J connectivity index is 1.54. The Kier molecular flexibility index (Phi) is 8.84. The first kappa shape index (κ1) is 29.2. The molecule has 39 heavy (non-hydrogen) atoms. The summed E-state index contributed by atoms with van der Waals surface area (Å²) in [5.41, 5.74) is 1.34. The van der Waals surface area contributed by atoms with E-state index >= 15 is 0 Å². The predicted molar refractivity (Wildman–Crippen MR) is 148 cm³/mol. The van der Waals surface area contributed by atoms with Crippen LogP contribution in [-0.2, 0) is 14.3 Å². The van der Waals surface area contributed by atoms with Crippen LogP contribution in [-0.4, -0.2) is 59.1 Å². The minimum absolute atomic E-state index is 0.0739. The van der Waals surface area contributed by atoms with Gasteiger partial charge >= 0.3 is 12.1 Å². The number of likely N-dealkylation sites (tertiary alicyclic amines) is 1. The van der Waals surface area contributed by atoms with E-state index in [4.69, 9.17) is 24.1 Å². The fourth-order valence-electron chi connectivity index (χ4n) is 6.05. The number of aliphatic carboxylic acids is 1. The number of nitrogens with zero attached hydrogens (tertiary/aromatic N) is 1. The third-order valence-corrected chi connectivity index (χ3v) is 7.98. The zero-order valence-corrected chi connectivity index (χ0v) is 24.3. The lowest BCUT2D eigenvalue weighted by atomic mass is 9.68. The summed E-state index contributed by atoms with van der Waals surface area (Å²) >= 11 is 0. The van der Waals surface area contributed by atoms with Crippen molar-refractivity contribution in [1.29, 1.82) is 0 Å². The molecule has 1 amide bonds. The second-order valence-electron chi connectivity index (χ2n) is 12.7. The second-order valence-corrected chi connectivity index (χ2v) is 12.7. The number of hydrogen-bond acceptors (Lipinski definition) is 6. The number of piperidine rings is 1. The maximum absolute atomic E-state index is 12.8. The van der Waals surface area contributed by atoms with E-state index in [1.807, 2.05) is 43.9 Å². The maximum Gasteiger partial charge on any atom is 0.410 e. The lowest BCUT2D eigenvalue weighted by Crippen LogP contribution is -2.57. The Labute approximate surface area is 232 Å². The SMILES string of the molecule is CC(C)=CCC[C@]1(C)Oc2cc(OCCCC(=O)O)ccc2[C@H]2O[C@H]3CCN(C(=O)OC(C)(C)C)C[C@@H]3C[C@@H]21. The van der Waals surface area contributed by atoms with Crippen molar-refractivity contribution in [2.45, 2.75) is 103 Å². The highest BCUT2D eigenvalue weighted by molar-refractivity contribution is 5.68. The van der Waals surface area contributed by atoms with E-state index in [0.29, 0.717) is 31.9 Å². The molecule has 1 aromatic rings. The van der Waals surface area contributed by atoms with Gasteiger partial charge in [-0.1, -0.05) is 11.6 Å². The minimum atomic E-state index is -0.824. The summed E-state index contributed by atoms with van der Waals surface area (Å²) in [5, 5.41) is 8.89. The zero-order valence-electron chi connectivity index (χ0n) is 24.3. The topological polar surface area (TPSA) is 94.5 Å². The van der Waals surface area contributed by atoms with E-state index in [-0.39, 0.29) is 36.6 Å². The molecule has 0 bridgehead atoms. The summed E-state index contributed by atoms with van der Waals surface area (Å²) in [6.07, 6.45) is 5.94. The van der Waals surface area contributed by atoms with E-state index in [1.165, 1.54) is 5.57 Å².